The van der Waals surface area contributed by atoms with E-state index in [2.05, 4.69) is 26.1 Å². The van der Waals surface area contributed by atoms with Crippen molar-refractivity contribution in [2.75, 3.05) is 11.5 Å². The van der Waals surface area contributed by atoms with Gasteiger partial charge < -0.3 is 11.1 Å². The average Bonchev–Trinajstić information content (AvgIpc) is 2.12. The lowest BCUT2D eigenvalue weighted by atomic mass is 10.0. The largest absolute Gasteiger partial charge is 0.353 e. The molecule has 17 heavy (non-hydrogen) atoms. The minimum absolute atomic E-state index is 0.121. The van der Waals surface area contributed by atoms with E-state index in [4.69, 9.17) is 5.73 Å². The third-order valence-corrected chi connectivity index (χ3v) is 3.71. The first-order chi connectivity index (χ1) is 7.70. The first kappa shape index (κ1) is 16.8. The van der Waals surface area contributed by atoms with Gasteiger partial charge in [0.1, 0.15) is 0 Å². The molecule has 0 aromatic carbocycles. The standard InChI is InChI=1S/C13H28N2OS/c1-10(2)6-7-11(3)15-12(16)8-17-9-13(4,5)14/h10-11H,6-9,14H2,1-5H3,(H,15,16). The van der Waals surface area contributed by atoms with Gasteiger partial charge in [-0.3, -0.25) is 4.79 Å². The van der Waals surface area contributed by atoms with Gasteiger partial charge in [-0.2, -0.15) is 11.8 Å². The van der Waals surface area contributed by atoms with Gasteiger partial charge in [-0.1, -0.05) is 13.8 Å². The number of amides is 1. The van der Waals surface area contributed by atoms with Crippen molar-refractivity contribution in [3.05, 3.63) is 0 Å². The molecule has 4 heteroatoms. The Morgan fingerprint density at radius 2 is 1.88 bits per heavy atom. The number of thioether (sulfide) groups is 1. The van der Waals surface area contributed by atoms with E-state index in [0.29, 0.717) is 11.7 Å². The second-order valence-electron chi connectivity index (χ2n) is 5.92. The molecule has 1 amide bonds. The molecule has 0 saturated heterocycles. The minimum Gasteiger partial charge on any atom is -0.353 e. The van der Waals surface area contributed by atoms with Crippen LogP contribution in [-0.4, -0.2) is 29.0 Å². The number of nitrogens with two attached hydrogens (primary N) is 1. The summed E-state index contributed by atoms with van der Waals surface area (Å²) < 4.78 is 0. The molecule has 1 atom stereocenters. The van der Waals surface area contributed by atoms with Crippen molar-refractivity contribution < 1.29 is 4.79 Å². The summed E-state index contributed by atoms with van der Waals surface area (Å²) in [6.45, 7) is 10.4. The van der Waals surface area contributed by atoms with Gasteiger partial charge >= 0.3 is 0 Å². The molecule has 1 unspecified atom stereocenters. The van der Waals surface area contributed by atoms with Crippen molar-refractivity contribution in [2.45, 2.75) is 59.0 Å². The van der Waals surface area contributed by atoms with Gasteiger partial charge in [-0.25, -0.2) is 0 Å². The van der Waals surface area contributed by atoms with Gasteiger partial charge in [0, 0.05) is 17.3 Å². The fourth-order valence-electron chi connectivity index (χ4n) is 1.38. The van der Waals surface area contributed by atoms with E-state index in [1.807, 2.05) is 13.8 Å². The summed E-state index contributed by atoms with van der Waals surface area (Å²) in [4.78, 5) is 11.6. The summed E-state index contributed by atoms with van der Waals surface area (Å²) in [5, 5.41) is 3.02. The molecular formula is C13H28N2OS. The van der Waals surface area contributed by atoms with E-state index in [1.165, 1.54) is 0 Å². The highest BCUT2D eigenvalue weighted by molar-refractivity contribution is 8.00. The lowest BCUT2D eigenvalue weighted by Crippen LogP contribution is -2.37. The van der Waals surface area contributed by atoms with Crippen LogP contribution in [0.25, 0.3) is 0 Å². The van der Waals surface area contributed by atoms with Crippen LogP contribution in [0.5, 0.6) is 0 Å². The van der Waals surface area contributed by atoms with Crippen LogP contribution in [0.2, 0.25) is 0 Å². The summed E-state index contributed by atoms with van der Waals surface area (Å²) in [5.41, 5.74) is 5.65. The number of hydrogen-bond donors (Lipinski definition) is 2. The molecule has 0 heterocycles. The normalized spacial score (nSPS) is 13.8. The van der Waals surface area contributed by atoms with Gasteiger partial charge in [0.25, 0.3) is 0 Å². The van der Waals surface area contributed by atoms with Crippen molar-refractivity contribution in [1.29, 1.82) is 0 Å². The second kappa shape index (κ2) is 7.98. The maximum atomic E-state index is 11.6. The van der Waals surface area contributed by atoms with Gasteiger partial charge in [-0.15, -0.1) is 0 Å². The zero-order valence-electron chi connectivity index (χ0n) is 11.9. The van der Waals surface area contributed by atoms with Gasteiger partial charge in [0.2, 0.25) is 5.91 Å². The Morgan fingerprint density at radius 3 is 2.35 bits per heavy atom. The van der Waals surface area contributed by atoms with Crippen molar-refractivity contribution in [1.82, 2.24) is 5.32 Å². The molecule has 0 saturated carbocycles. The molecule has 3 N–H and O–H groups in total. The van der Waals surface area contributed by atoms with Crippen LogP contribution in [0.3, 0.4) is 0 Å². The summed E-state index contributed by atoms with van der Waals surface area (Å²) in [5.74, 6) is 2.13. The number of carbonyl (C=O) groups excluding carboxylic acids is 1. The Morgan fingerprint density at radius 1 is 1.29 bits per heavy atom. The zero-order chi connectivity index (χ0) is 13.5. The smallest absolute Gasteiger partial charge is 0.230 e. The summed E-state index contributed by atoms with van der Waals surface area (Å²) in [6, 6.07) is 0.274. The molecular weight excluding hydrogens is 232 g/mol. The first-order valence-corrected chi connectivity index (χ1v) is 7.52. The summed E-state index contributed by atoms with van der Waals surface area (Å²) >= 11 is 1.60. The fraction of sp³-hybridized carbons (Fsp3) is 0.923. The number of rotatable bonds is 8. The number of hydrogen-bond acceptors (Lipinski definition) is 3. The Bertz CT molecular complexity index is 224. The first-order valence-electron chi connectivity index (χ1n) is 6.36. The average molecular weight is 260 g/mol. The Kier molecular flexibility index (Phi) is 7.88. The highest BCUT2D eigenvalue weighted by atomic mass is 32.2. The Labute approximate surface area is 110 Å². The monoisotopic (exact) mass is 260 g/mol. The number of carbonyl (C=O) groups is 1. The topological polar surface area (TPSA) is 55.1 Å². The lowest BCUT2D eigenvalue weighted by molar-refractivity contribution is -0.119. The predicted molar refractivity (Wildman–Crippen MR) is 77.3 cm³/mol. The van der Waals surface area contributed by atoms with Crippen LogP contribution in [0.4, 0.5) is 0 Å². The Hall–Kier alpha value is -0.220. The fourth-order valence-corrected chi connectivity index (χ4v) is 2.28. The molecule has 0 aliphatic heterocycles. The second-order valence-corrected chi connectivity index (χ2v) is 6.91. The highest BCUT2D eigenvalue weighted by Gasteiger charge is 2.13. The quantitative estimate of drug-likeness (QED) is 0.704. The summed E-state index contributed by atoms with van der Waals surface area (Å²) in [6.07, 6.45) is 2.21. The molecule has 0 spiro atoms. The lowest BCUT2D eigenvalue weighted by Gasteiger charge is -2.18. The zero-order valence-corrected chi connectivity index (χ0v) is 12.7. The van der Waals surface area contributed by atoms with Crippen LogP contribution in [0.1, 0.15) is 47.5 Å². The molecule has 0 bridgehead atoms. The van der Waals surface area contributed by atoms with E-state index in [0.717, 1.165) is 18.6 Å². The highest BCUT2D eigenvalue weighted by Crippen LogP contribution is 2.10. The Balaban J connectivity index is 3.64. The molecule has 0 aromatic rings. The molecule has 0 fully saturated rings. The van der Waals surface area contributed by atoms with Crippen LogP contribution in [0, 0.1) is 5.92 Å². The summed E-state index contributed by atoms with van der Waals surface area (Å²) in [7, 11) is 0. The molecule has 3 nitrogen and oxygen atoms in total. The molecule has 0 aliphatic rings. The van der Waals surface area contributed by atoms with Gasteiger partial charge in [0.15, 0.2) is 0 Å². The molecule has 0 rings (SSSR count). The maximum absolute atomic E-state index is 11.6. The van der Waals surface area contributed by atoms with Gasteiger partial charge in [0.05, 0.1) is 5.75 Å². The van der Waals surface area contributed by atoms with E-state index >= 15 is 0 Å². The molecule has 0 aliphatic carbocycles. The van der Waals surface area contributed by atoms with E-state index in [1.54, 1.807) is 11.8 Å². The van der Waals surface area contributed by atoms with E-state index in [9.17, 15) is 4.79 Å². The van der Waals surface area contributed by atoms with Gasteiger partial charge in [-0.05, 0) is 39.5 Å². The van der Waals surface area contributed by atoms with Crippen LogP contribution in [0.15, 0.2) is 0 Å². The van der Waals surface area contributed by atoms with Crippen molar-refractivity contribution in [3.63, 3.8) is 0 Å². The van der Waals surface area contributed by atoms with E-state index < -0.39 is 0 Å². The molecule has 102 valence electrons. The maximum Gasteiger partial charge on any atom is 0.230 e. The predicted octanol–water partition coefficient (Wildman–Crippen LogP) is 2.40. The van der Waals surface area contributed by atoms with E-state index in [-0.39, 0.29) is 17.5 Å². The van der Waals surface area contributed by atoms with Crippen molar-refractivity contribution in [2.24, 2.45) is 11.7 Å². The third kappa shape index (κ3) is 12.0. The third-order valence-electron chi connectivity index (χ3n) is 2.29. The van der Waals surface area contributed by atoms with Crippen molar-refractivity contribution in [3.8, 4) is 0 Å². The molecule has 0 radical (unpaired) electrons. The van der Waals surface area contributed by atoms with Crippen LogP contribution in [-0.2, 0) is 4.79 Å². The van der Waals surface area contributed by atoms with Crippen LogP contribution >= 0.6 is 11.8 Å². The van der Waals surface area contributed by atoms with Crippen molar-refractivity contribution >= 4 is 17.7 Å². The van der Waals surface area contributed by atoms with Crippen LogP contribution < -0.4 is 11.1 Å². The SMILES string of the molecule is CC(C)CCC(C)NC(=O)CSCC(C)(C)N. The number of nitrogens with one attached hydrogen (secondary N) is 1. The molecule has 0 aromatic heterocycles. The minimum atomic E-state index is -0.200.